The molecule has 166 valence electrons. The molecule has 0 saturated heterocycles. The lowest BCUT2D eigenvalue weighted by molar-refractivity contribution is -0.119. The molecular formula is C23H28N2O4S2. The molecule has 1 aromatic heterocycles. The number of thiophene rings is 1. The molecule has 31 heavy (non-hydrogen) atoms. The molecule has 1 aliphatic rings. The summed E-state index contributed by atoms with van der Waals surface area (Å²) in [6.45, 7) is 4.76. The molecule has 2 N–H and O–H groups in total. The van der Waals surface area contributed by atoms with Crippen LogP contribution in [-0.2, 0) is 22.4 Å². The predicted molar refractivity (Wildman–Crippen MR) is 127 cm³/mol. The van der Waals surface area contributed by atoms with Crippen LogP contribution in [0.25, 0.3) is 0 Å². The molecule has 1 aliphatic carbocycles. The smallest absolute Gasteiger partial charge is 0.341 e. The standard InChI is InChI=1S/C23H28N2O4S2/c1-3-28-22(27)20-17-12-11-15(2)14-18(17)31-21(20)25-23(30)24-19(26)10-7-13-29-16-8-5-4-6-9-16/h4-6,8-9,15H,3,7,10-14H2,1-2H3,(H2,24,25,26,30). The number of esters is 1. The van der Waals surface area contributed by atoms with Crippen LogP contribution in [0.5, 0.6) is 5.75 Å². The van der Waals surface area contributed by atoms with Gasteiger partial charge in [0.1, 0.15) is 10.8 Å². The molecule has 0 aliphatic heterocycles. The quantitative estimate of drug-likeness (QED) is 0.337. The molecule has 0 saturated carbocycles. The van der Waals surface area contributed by atoms with E-state index in [0.717, 1.165) is 30.6 Å². The van der Waals surface area contributed by atoms with Gasteiger partial charge in [-0.1, -0.05) is 25.1 Å². The van der Waals surface area contributed by atoms with Crippen LogP contribution in [0.2, 0.25) is 0 Å². The number of carbonyl (C=O) groups is 2. The van der Waals surface area contributed by atoms with Gasteiger partial charge in [0.05, 0.1) is 18.8 Å². The fourth-order valence-corrected chi connectivity index (χ4v) is 5.20. The van der Waals surface area contributed by atoms with Gasteiger partial charge in [0.15, 0.2) is 5.11 Å². The third-order valence-electron chi connectivity index (χ3n) is 5.03. The third kappa shape index (κ3) is 6.51. The van der Waals surface area contributed by atoms with Gasteiger partial charge in [-0.2, -0.15) is 0 Å². The number of amides is 1. The molecule has 0 fully saturated rings. The first-order valence-corrected chi connectivity index (χ1v) is 11.8. The monoisotopic (exact) mass is 460 g/mol. The number of carbonyl (C=O) groups excluding carboxylic acids is 2. The molecule has 1 aromatic carbocycles. The lowest BCUT2D eigenvalue weighted by Gasteiger charge is -2.18. The second-order valence-corrected chi connectivity index (χ2v) is 9.06. The Morgan fingerprint density at radius 2 is 2.03 bits per heavy atom. The minimum absolute atomic E-state index is 0.186. The maximum atomic E-state index is 12.6. The van der Waals surface area contributed by atoms with Crippen molar-refractivity contribution in [2.24, 2.45) is 5.92 Å². The van der Waals surface area contributed by atoms with Crippen LogP contribution in [0.3, 0.4) is 0 Å². The number of rotatable bonds is 8. The van der Waals surface area contributed by atoms with E-state index >= 15 is 0 Å². The van der Waals surface area contributed by atoms with E-state index in [2.05, 4.69) is 17.6 Å². The second kappa shape index (κ2) is 11.2. The predicted octanol–water partition coefficient (Wildman–Crippen LogP) is 4.72. The second-order valence-electron chi connectivity index (χ2n) is 7.54. The number of hydrogen-bond acceptors (Lipinski definition) is 6. The van der Waals surface area contributed by atoms with Gasteiger partial charge in [0.2, 0.25) is 5.91 Å². The topological polar surface area (TPSA) is 76.7 Å². The van der Waals surface area contributed by atoms with Gasteiger partial charge in [0, 0.05) is 11.3 Å². The van der Waals surface area contributed by atoms with Gasteiger partial charge in [0.25, 0.3) is 0 Å². The fraction of sp³-hybridized carbons (Fsp3) is 0.435. The molecule has 0 bridgehead atoms. The summed E-state index contributed by atoms with van der Waals surface area (Å²) in [6.07, 6.45) is 3.69. The van der Waals surface area contributed by atoms with Crippen molar-refractivity contribution in [1.29, 1.82) is 0 Å². The number of benzene rings is 1. The van der Waals surface area contributed by atoms with E-state index in [1.807, 2.05) is 30.3 Å². The first-order valence-electron chi connectivity index (χ1n) is 10.6. The van der Waals surface area contributed by atoms with Crippen molar-refractivity contribution in [3.8, 4) is 5.75 Å². The van der Waals surface area contributed by atoms with Gasteiger partial charge < -0.3 is 20.1 Å². The van der Waals surface area contributed by atoms with E-state index in [9.17, 15) is 9.59 Å². The molecule has 8 heteroatoms. The van der Waals surface area contributed by atoms with Gasteiger partial charge in [-0.15, -0.1) is 11.3 Å². The number of ether oxygens (including phenoxy) is 2. The minimum Gasteiger partial charge on any atom is -0.494 e. The van der Waals surface area contributed by atoms with Gasteiger partial charge >= 0.3 is 5.97 Å². The minimum atomic E-state index is -0.343. The highest BCUT2D eigenvalue weighted by Crippen LogP contribution is 2.40. The first kappa shape index (κ1) is 23.2. The number of nitrogens with one attached hydrogen (secondary N) is 2. The Morgan fingerprint density at radius 3 is 2.77 bits per heavy atom. The Labute approximate surface area is 192 Å². The summed E-state index contributed by atoms with van der Waals surface area (Å²) in [5.74, 6) is 0.826. The Hall–Kier alpha value is -2.45. The zero-order chi connectivity index (χ0) is 22.2. The Morgan fingerprint density at radius 1 is 1.26 bits per heavy atom. The van der Waals surface area contributed by atoms with E-state index in [0.29, 0.717) is 36.1 Å². The lowest BCUT2D eigenvalue weighted by Crippen LogP contribution is -2.34. The summed E-state index contributed by atoms with van der Waals surface area (Å²) >= 11 is 6.85. The SMILES string of the molecule is CCOC(=O)c1c(NC(=S)NC(=O)CCCOc2ccccc2)sc2c1CCC(C)C2. The van der Waals surface area contributed by atoms with Crippen LogP contribution in [0.4, 0.5) is 5.00 Å². The Kier molecular flexibility index (Phi) is 8.43. The van der Waals surface area contributed by atoms with E-state index in [1.165, 1.54) is 16.2 Å². The largest absolute Gasteiger partial charge is 0.494 e. The molecule has 0 radical (unpaired) electrons. The lowest BCUT2D eigenvalue weighted by atomic mass is 9.88. The molecular weight excluding hydrogens is 432 g/mol. The van der Waals surface area contributed by atoms with Crippen molar-refractivity contribution in [2.45, 2.75) is 46.0 Å². The first-order chi connectivity index (χ1) is 15.0. The van der Waals surface area contributed by atoms with E-state index in [-0.39, 0.29) is 23.4 Å². The van der Waals surface area contributed by atoms with E-state index < -0.39 is 0 Å². The summed E-state index contributed by atoms with van der Waals surface area (Å²) in [6, 6.07) is 9.48. The van der Waals surface area contributed by atoms with Crippen molar-refractivity contribution in [3.63, 3.8) is 0 Å². The van der Waals surface area contributed by atoms with Crippen LogP contribution >= 0.6 is 23.6 Å². The zero-order valence-electron chi connectivity index (χ0n) is 17.9. The molecule has 3 rings (SSSR count). The molecule has 2 aromatic rings. The van der Waals surface area contributed by atoms with Crippen LogP contribution < -0.4 is 15.4 Å². The summed E-state index contributed by atoms with van der Waals surface area (Å²) < 4.78 is 10.9. The summed E-state index contributed by atoms with van der Waals surface area (Å²) in [5.41, 5.74) is 1.61. The molecule has 1 unspecified atom stereocenters. The van der Waals surface area contributed by atoms with E-state index in [1.54, 1.807) is 6.92 Å². The number of fused-ring (bicyclic) bond motifs is 1. The maximum Gasteiger partial charge on any atom is 0.341 e. The average molecular weight is 461 g/mol. The van der Waals surface area contributed by atoms with Crippen LogP contribution in [0.1, 0.15) is 53.9 Å². The van der Waals surface area contributed by atoms with Gasteiger partial charge in [-0.05, 0) is 68.4 Å². The van der Waals surface area contributed by atoms with Crippen molar-refractivity contribution in [1.82, 2.24) is 5.32 Å². The van der Waals surface area contributed by atoms with Gasteiger partial charge in [-0.3, -0.25) is 4.79 Å². The molecule has 1 amide bonds. The number of hydrogen-bond donors (Lipinski definition) is 2. The maximum absolute atomic E-state index is 12.6. The van der Waals surface area contributed by atoms with Crippen molar-refractivity contribution >= 4 is 45.5 Å². The van der Waals surface area contributed by atoms with Crippen molar-refractivity contribution in [2.75, 3.05) is 18.5 Å². The summed E-state index contributed by atoms with van der Waals surface area (Å²) in [5, 5.41) is 6.58. The van der Waals surface area contributed by atoms with Crippen molar-refractivity contribution in [3.05, 3.63) is 46.3 Å². The molecule has 0 spiro atoms. The molecule has 1 heterocycles. The van der Waals surface area contributed by atoms with Crippen molar-refractivity contribution < 1.29 is 19.1 Å². The molecule has 1 atom stereocenters. The Balaban J connectivity index is 1.54. The van der Waals surface area contributed by atoms with Crippen LogP contribution in [-0.4, -0.2) is 30.2 Å². The highest BCUT2D eigenvalue weighted by atomic mass is 32.1. The average Bonchev–Trinajstić information content (AvgIpc) is 3.08. The zero-order valence-corrected chi connectivity index (χ0v) is 19.5. The number of anilines is 1. The normalized spacial score (nSPS) is 15.0. The van der Waals surface area contributed by atoms with Crippen LogP contribution in [0.15, 0.2) is 30.3 Å². The fourth-order valence-electron chi connectivity index (χ4n) is 3.52. The number of para-hydroxylation sites is 1. The molecule has 6 nitrogen and oxygen atoms in total. The van der Waals surface area contributed by atoms with Gasteiger partial charge in [-0.25, -0.2) is 4.79 Å². The van der Waals surface area contributed by atoms with Crippen LogP contribution in [0, 0.1) is 5.92 Å². The Bertz CT molecular complexity index is 927. The third-order valence-corrected chi connectivity index (χ3v) is 6.41. The highest BCUT2D eigenvalue weighted by molar-refractivity contribution is 7.80. The summed E-state index contributed by atoms with van der Waals surface area (Å²) in [7, 11) is 0. The number of thiocarbonyl (C=S) groups is 1. The summed E-state index contributed by atoms with van der Waals surface area (Å²) in [4.78, 5) is 26.0. The highest BCUT2D eigenvalue weighted by Gasteiger charge is 2.28. The van der Waals surface area contributed by atoms with E-state index in [4.69, 9.17) is 21.7 Å².